The van der Waals surface area contributed by atoms with Crippen LogP contribution in [0.3, 0.4) is 0 Å². The minimum atomic E-state index is -0.108. The van der Waals surface area contributed by atoms with Gasteiger partial charge in [0.2, 0.25) is 0 Å². The first-order valence-corrected chi connectivity index (χ1v) is 9.30. The third kappa shape index (κ3) is 3.31. The molecule has 3 aromatic rings. The summed E-state index contributed by atoms with van der Waals surface area (Å²) >= 11 is 5.99. The molecule has 0 unspecified atom stereocenters. The number of hydrogen-bond acceptors (Lipinski definition) is 3. The fourth-order valence-electron chi connectivity index (χ4n) is 3.24. The van der Waals surface area contributed by atoms with Crippen LogP contribution < -0.4 is 5.32 Å². The predicted molar refractivity (Wildman–Crippen MR) is 102 cm³/mol. The Morgan fingerprint density at radius 2 is 1.96 bits per heavy atom. The number of rotatable bonds is 5. The van der Waals surface area contributed by atoms with Crippen molar-refractivity contribution in [3.8, 4) is 0 Å². The van der Waals surface area contributed by atoms with Gasteiger partial charge in [0.1, 0.15) is 0 Å². The molecule has 6 heteroatoms. The number of pyridine rings is 1. The summed E-state index contributed by atoms with van der Waals surface area (Å²) in [6.45, 7) is 4.11. The van der Waals surface area contributed by atoms with Crippen molar-refractivity contribution >= 4 is 28.5 Å². The van der Waals surface area contributed by atoms with Gasteiger partial charge in [0.05, 0.1) is 17.8 Å². The van der Waals surface area contributed by atoms with Crippen LogP contribution in [0.5, 0.6) is 0 Å². The zero-order chi connectivity index (χ0) is 18.3. The van der Waals surface area contributed by atoms with Crippen LogP contribution in [-0.2, 0) is 0 Å². The number of nitrogens with zero attached hydrogens (tertiary/aromatic N) is 3. The van der Waals surface area contributed by atoms with E-state index in [1.807, 2.05) is 35.0 Å². The molecule has 26 heavy (non-hydrogen) atoms. The first kappa shape index (κ1) is 17.0. The SMILES string of the molecule is CC(C)n1ncc2cc(C(=O)N[C@H](c3ccc(Cl)cc3)C3CC3)cnc21. The maximum Gasteiger partial charge on any atom is 0.253 e. The highest BCUT2D eigenvalue weighted by Crippen LogP contribution is 2.41. The molecule has 1 N–H and O–H groups in total. The van der Waals surface area contributed by atoms with Crippen molar-refractivity contribution < 1.29 is 4.79 Å². The summed E-state index contributed by atoms with van der Waals surface area (Å²) in [7, 11) is 0. The van der Waals surface area contributed by atoms with Crippen LogP contribution in [0.15, 0.2) is 42.7 Å². The Kier molecular flexibility index (Phi) is 4.41. The number of hydrogen-bond donors (Lipinski definition) is 1. The lowest BCUT2D eigenvalue weighted by molar-refractivity contribution is 0.0931. The van der Waals surface area contributed by atoms with E-state index in [4.69, 9.17) is 11.6 Å². The van der Waals surface area contributed by atoms with Crippen molar-refractivity contribution in [3.63, 3.8) is 0 Å². The Morgan fingerprint density at radius 1 is 1.23 bits per heavy atom. The molecule has 0 aliphatic heterocycles. The average molecular weight is 369 g/mol. The van der Waals surface area contributed by atoms with E-state index in [2.05, 4.69) is 29.2 Å². The lowest BCUT2D eigenvalue weighted by Gasteiger charge is -2.19. The van der Waals surface area contributed by atoms with Gasteiger partial charge in [-0.1, -0.05) is 23.7 Å². The minimum absolute atomic E-state index is 0.00820. The second-order valence-electron chi connectivity index (χ2n) is 7.16. The highest BCUT2D eigenvalue weighted by molar-refractivity contribution is 6.30. The van der Waals surface area contributed by atoms with Gasteiger partial charge in [-0.3, -0.25) is 4.79 Å². The van der Waals surface area contributed by atoms with Crippen LogP contribution in [0.1, 0.15) is 54.7 Å². The smallest absolute Gasteiger partial charge is 0.253 e. The summed E-state index contributed by atoms with van der Waals surface area (Å²) in [5.74, 6) is 0.379. The first-order chi connectivity index (χ1) is 12.5. The van der Waals surface area contributed by atoms with Gasteiger partial charge in [-0.25, -0.2) is 9.67 Å². The topological polar surface area (TPSA) is 59.8 Å². The average Bonchev–Trinajstić information content (AvgIpc) is 3.38. The highest BCUT2D eigenvalue weighted by atomic mass is 35.5. The number of carbonyl (C=O) groups excluding carboxylic acids is 1. The van der Waals surface area contributed by atoms with Crippen molar-refractivity contribution in [2.24, 2.45) is 5.92 Å². The van der Waals surface area contributed by atoms with E-state index in [9.17, 15) is 4.79 Å². The van der Waals surface area contributed by atoms with Gasteiger partial charge < -0.3 is 5.32 Å². The molecule has 0 saturated heterocycles. The molecule has 0 bridgehead atoms. The van der Waals surface area contributed by atoms with E-state index < -0.39 is 0 Å². The molecule has 1 saturated carbocycles. The summed E-state index contributed by atoms with van der Waals surface area (Å²) in [6.07, 6.45) is 5.65. The Hall–Kier alpha value is -2.40. The standard InChI is InChI=1S/C20H21ClN4O/c1-12(2)25-19-15(11-23-25)9-16(10-22-19)20(26)24-18(13-3-4-13)14-5-7-17(21)8-6-14/h5-13,18H,3-4H2,1-2H3,(H,24,26)/t18-/m0/s1. The monoisotopic (exact) mass is 368 g/mol. The molecule has 2 aromatic heterocycles. The molecule has 1 fully saturated rings. The summed E-state index contributed by atoms with van der Waals surface area (Å²) < 4.78 is 1.86. The van der Waals surface area contributed by atoms with Gasteiger partial charge in [0.15, 0.2) is 5.65 Å². The zero-order valence-corrected chi connectivity index (χ0v) is 15.6. The number of benzene rings is 1. The first-order valence-electron chi connectivity index (χ1n) is 8.92. The lowest BCUT2D eigenvalue weighted by atomic mass is 10.0. The number of halogens is 1. The molecular weight excluding hydrogens is 348 g/mol. The van der Waals surface area contributed by atoms with Crippen LogP contribution in [0.2, 0.25) is 5.02 Å². The molecule has 4 rings (SSSR count). The third-order valence-electron chi connectivity index (χ3n) is 4.79. The highest BCUT2D eigenvalue weighted by Gasteiger charge is 2.33. The van der Waals surface area contributed by atoms with Gasteiger partial charge in [0, 0.05) is 22.6 Å². The van der Waals surface area contributed by atoms with Crippen LogP contribution >= 0.6 is 11.6 Å². The second-order valence-corrected chi connectivity index (χ2v) is 7.60. The second kappa shape index (κ2) is 6.72. The molecule has 1 atom stereocenters. The molecule has 2 heterocycles. The van der Waals surface area contributed by atoms with Crippen LogP contribution in [0, 0.1) is 5.92 Å². The fourth-order valence-corrected chi connectivity index (χ4v) is 3.37. The molecular formula is C20H21ClN4O. The van der Waals surface area contributed by atoms with Gasteiger partial charge in [-0.05, 0) is 56.4 Å². The normalized spacial score (nSPS) is 15.4. The summed E-state index contributed by atoms with van der Waals surface area (Å²) in [4.78, 5) is 17.3. The Bertz CT molecular complexity index is 944. The van der Waals surface area contributed by atoms with Crippen molar-refractivity contribution in [2.45, 2.75) is 38.8 Å². The van der Waals surface area contributed by atoms with Crippen molar-refractivity contribution in [1.82, 2.24) is 20.1 Å². The number of carbonyl (C=O) groups is 1. The third-order valence-corrected chi connectivity index (χ3v) is 5.05. The zero-order valence-electron chi connectivity index (χ0n) is 14.8. The molecule has 134 valence electrons. The van der Waals surface area contributed by atoms with E-state index in [1.165, 1.54) is 0 Å². The largest absolute Gasteiger partial charge is 0.345 e. The number of nitrogens with one attached hydrogen (secondary N) is 1. The van der Waals surface area contributed by atoms with Gasteiger partial charge in [0.25, 0.3) is 5.91 Å². The molecule has 5 nitrogen and oxygen atoms in total. The van der Waals surface area contributed by atoms with E-state index in [0.29, 0.717) is 16.5 Å². The van der Waals surface area contributed by atoms with Crippen molar-refractivity contribution in [1.29, 1.82) is 0 Å². The molecule has 1 aliphatic carbocycles. The van der Waals surface area contributed by atoms with E-state index in [1.54, 1.807) is 12.4 Å². The van der Waals surface area contributed by atoms with E-state index in [-0.39, 0.29) is 18.0 Å². The van der Waals surface area contributed by atoms with Crippen LogP contribution in [-0.4, -0.2) is 20.7 Å². The molecule has 1 aliphatic rings. The lowest BCUT2D eigenvalue weighted by Crippen LogP contribution is -2.30. The molecule has 0 radical (unpaired) electrons. The van der Waals surface area contributed by atoms with Crippen LogP contribution in [0.4, 0.5) is 0 Å². The molecule has 1 amide bonds. The maximum atomic E-state index is 12.8. The van der Waals surface area contributed by atoms with Gasteiger partial charge in [-0.15, -0.1) is 0 Å². The fraction of sp³-hybridized carbons (Fsp3) is 0.350. The van der Waals surface area contributed by atoms with Crippen molar-refractivity contribution in [3.05, 3.63) is 58.9 Å². The van der Waals surface area contributed by atoms with Gasteiger partial charge >= 0.3 is 0 Å². The quantitative estimate of drug-likeness (QED) is 0.718. The van der Waals surface area contributed by atoms with E-state index in [0.717, 1.165) is 29.4 Å². The molecule has 1 aromatic carbocycles. The maximum absolute atomic E-state index is 12.8. The predicted octanol–water partition coefficient (Wildman–Crippen LogP) is 4.55. The number of amides is 1. The van der Waals surface area contributed by atoms with Crippen LogP contribution in [0.25, 0.3) is 11.0 Å². The van der Waals surface area contributed by atoms with Gasteiger partial charge in [-0.2, -0.15) is 5.10 Å². The number of aromatic nitrogens is 3. The Balaban J connectivity index is 1.58. The molecule has 0 spiro atoms. The Morgan fingerprint density at radius 3 is 2.62 bits per heavy atom. The van der Waals surface area contributed by atoms with Crippen molar-refractivity contribution in [2.75, 3.05) is 0 Å². The van der Waals surface area contributed by atoms with E-state index >= 15 is 0 Å². The minimum Gasteiger partial charge on any atom is -0.345 e. The number of fused-ring (bicyclic) bond motifs is 1. The summed E-state index contributed by atoms with van der Waals surface area (Å²) in [6, 6.07) is 9.80. The summed E-state index contributed by atoms with van der Waals surface area (Å²) in [5, 5.41) is 9.11. The Labute approximate surface area is 157 Å². The summed E-state index contributed by atoms with van der Waals surface area (Å²) in [5.41, 5.74) is 2.44.